The molecule has 0 aliphatic heterocycles. The van der Waals surface area contributed by atoms with E-state index in [1.165, 1.54) is 28.6 Å². The molecule has 1 aliphatic rings. The minimum atomic E-state index is -0.384. The maximum atomic E-state index is 13.4. The summed E-state index contributed by atoms with van der Waals surface area (Å²) in [6, 6.07) is 9.56. The summed E-state index contributed by atoms with van der Waals surface area (Å²) in [5.41, 5.74) is 2.01. The Morgan fingerprint density at radius 2 is 2.07 bits per heavy atom. The lowest BCUT2D eigenvalue weighted by atomic mass is 9.97. The molecule has 1 aromatic carbocycles. The van der Waals surface area contributed by atoms with Crippen LogP contribution < -0.4 is 10.5 Å². The lowest BCUT2D eigenvalue weighted by Crippen LogP contribution is -2.34. The summed E-state index contributed by atoms with van der Waals surface area (Å²) in [4.78, 5) is 34.9. The molecule has 1 aliphatic carbocycles. The number of allylic oxidation sites excluding steroid dienone is 1. The van der Waals surface area contributed by atoms with Gasteiger partial charge in [-0.2, -0.15) is 0 Å². The number of amides is 1. The summed E-state index contributed by atoms with van der Waals surface area (Å²) in [5, 5.41) is 0.958. The van der Waals surface area contributed by atoms with E-state index in [9.17, 15) is 9.59 Å². The molecule has 0 unspecified atom stereocenters. The average Bonchev–Trinajstić information content (AvgIpc) is 3.14. The molecule has 3 aromatic rings. The van der Waals surface area contributed by atoms with Crippen LogP contribution in [0, 0.1) is 0 Å². The smallest absolute Gasteiger partial charge is 0.263 e. The first-order valence-corrected chi connectivity index (χ1v) is 11.9. The Bertz CT molecular complexity index is 1150. The monoisotopic (exact) mass is 439 g/mol. The van der Waals surface area contributed by atoms with Crippen molar-refractivity contribution in [2.45, 2.75) is 49.6 Å². The molecule has 0 spiro atoms. The maximum Gasteiger partial charge on any atom is 0.263 e. The Labute approximate surface area is 184 Å². The van der Waals surface area contributed by atoms with E-state index in [0.717, 1.165) is 35.2 Å². The van der Waals surface area contributed by atoms with Crippen LogP contribution in [0.3, 0.4) is 0 Å². The largest absolute Gasteiger partial charge is 0.315 e. The first-order chi connectivity index (χ1) is 14.5. The van der Waals surface area contributed by atoms with Crippen molar-refractivity contribution >= 4 is 44.9 Å². The van der Waals surface area contributed by atoms with E-state index in [1.54, 1.807) is 33.9 Å². The van der Waals surface area contributed by atoms with E-state index >= 15 is 0 Å². The third kappa shape index (κ3) is 3.84. The molecule has 1 amide bonds. The number of hydrogen-bond acceptors (Lipinski definition) is 5. The molecule has 0 fully saturated rings. The first-order valence-electron chi connectivity index (χ1n) is 10.2. The van der Waals surface area contributed by atoms with Gasteiger partial charge in [0.25, 0.3) is 5.56 Å². The van der Waals surface area contributed by atoms with Gasteiger partial charge in [0.05, 0.1) is 10.6 Å². The zero-order chi connectivity index (χ0) is 21.3. The number of anilines is 1. The summed E-state index contributed by atoms with van der Waals surface area (Å²) in [5.74, 6) is -0.0313. The summed E-state index contributed by atoms with van der Waals surface area (Å²) in [7, 11) is 1.77. The predicted octanol–water partition coefficient (Wildman–Crippen LogP) is 4.67. The standard InChI is InChI=1S/C23H25N3O2S2/c1-4-14-26-22(28)19-17-12-8-9-13-18(17)30-20(19)24-23(26)29-15(2)21(27)25(3)16-10-6-5-7-11-16/h4-7,10-11,15H,1,8-9,12-14H2,2-3H3/t15-/m0/s1. The minimum absolute atomic E-state index is 0.0159. The van der Waals surface area contributed by atoms with Gasteiger partial charge >= 0.3 is 0 Å². The topological polar surface area (TPSA) is 55.2 Å². The van der Waals surface area contributed by atoms with Crippen molar-refractivity contribution in [3.05, 3.63) is 63.8 Å². The third-order valence-corrected chi connectivity index (χ3v) is 7.72. The number of carbonyl (C=O) groups excluding carboxylic acids is 1. The number of nitrogens with zero attached hydrogens (tertiary/aromatic N) is 3. The molecule has 2 heterocycles. The van der Waals surface area contributed by atoms with Gasteiger partial charge in [-0.3, -0.25) is 14.2 Å². The summed E-state index contributed by atoms with van der Waals surface area (Å²) in [6.07, 6.45) is 5.97. The molecule has 4 rings (SSSR count). The summed E-state index contributed by atoms with van der Waals surface area (Å²) >= 11 is 2.97. The quantitative estimate of drug-likeness (QED) is 0.318. The normalized spacial score (nSPS) is 14.3. The van der Waals surface area contributed by atoms with Crippen molar-refractivity contribution < 1.29 is 4.79 Å². The molecular weight excluding hydrogens is 414 g/mol. The molecule has 5 nitrogen and oxygen atoms in total. The molecule has 7 heteroatoms. The molecule has 0 bridgehead atoms. The fourth-order valence-corrected chi connectivity index (χ4v) is 6.17. The van der Waals surface area contributed by atoms with Gasteiger partial charge in [-0.15, -0.1) is 17.9 Å². The SMILES string of the molecule is C=CCn1c(S[C@@H](C)C(=O)N(C)c2ccccc2)nc2sc3c(c2c1=O)CCCC3. The van der Waals surface area contributed by atoms with Crippen LogP contribution in [0.4, 0.5) is 5.69 Å². The van der Waals surface area contributed by atoms with E-state index in [-0.39, 0.29) is 16.7 Å². The Morgan fingerprint density at radius 3 is 2.80 bits per heavy atom. The van der Waals surface area contributed by atoms with Crippen molar-refractivity contribution in [3.8, 4) is 0 Å². The zero-order valence-corrected chi connectivity index (χ0v) is 18.9. The highest BCUT2D eigenvalue weighted by molar-refractivity contribution is 8.00. The van der Waals surface area contributed by atoms with Gasteiger partial charge in [0.1, 0.15) is 4.83 Å². The lowest BCUT2D eigenvalue weighted by Gasteiger charge is -2.21. The highest BCUT2D eigenvalue weighted by atomic mass is 32.2. The lowest BCUT2D eigenvalue weighted by molar-refractivity contribution is -0.117. The second-order valence-electron chi connectivity index (χ2n) is 7.48. The van der Waals surface area contributed by atoms with Crippen molar-refractivity contribution in [3.63, 3.8) is 0 Å². The van der Waals surface area contributed by atoms with Gasteiger partial charge in [0, 0.05) is 24.2 Å². The molecule has 0 saturated carbocycles. The van der Waals surface area contributed by atoms with Crippen LogP contribution in [0.25, 0.3) is 10.2 Å². The van der Waals surface area contributed by atoms with Crippen LogP contribution in [0.5, 0.6) is 0 Å². The number of thioether (sulfide) groups is 1. The number of hydrogen-bond donors (Lipinski definition) is 0. The van der Waals surface area contributed by atoms with E-state index in [1.807, 2.05) is 37.3 Å². The molecule has 0 radical (unpaired) electrons. The molecule has 1 atom stereocenters. The predicted molar refractivity (Wildman–Crippen MR) is 126 cm³/mol. The Hall–Kier alpha value is -2.38. The number of thiophene rings is 1. The van der Waals surface area contributed by atoms with Crippen molar-refractivity contribution in [1.29, 1.82) is 0 Å². The fraction of sp³-hybridized carbons (Fsp3) is 0.348. The summed E-state index contributed by atoms with van der Waals surface area (Å²) in [6.45, 7) is 6.05. The van der Waals surface area contributed by atoms with Crippen LogP contribution >= 0.6 is 23.1 Å². The first kappa shape index (κ1) is 20.9. The highest BCUT2D eigenvalue weighted by Gasteiger charge is 2.25. The van der Waals surface area contributed by atoms with E-state index in [0.29, 0.717) is 11.7 Å². The van der Waals surface area contributed by atoms with Crippen LogP contribution in [0.15, 0.2) is 52.9 Å². The van der Waals surface area contributed by atoms with Crippen LogP contribution in [-0.2, 0) is 24.2 Å². The number of benzene rings is 1. The van der Waals surface area contributed by atoms with E-state index in [4.69, 9.17) is 4.98 Å². The number of fused-ring (bicyclic) bond motifs is 3. The van der Waals surface area contributed by atoms with Gasteiger partial charge in [0.15, 0.2) is 5.16 Å². The summed E-state index contributed by atoms with van der Waals surface area (Å²) < 4.78 is 1.66. The van der Waals surface area contributed by atoms with E-state index < -0.39 is 0 Å². The zero-order valence-electron chi connectivity index (χ0n) is 17.3. The van der Waals surface area contributed by atoms with Crippen molar-refractivity contribution in [1.82, 2.24) is 9.55 Å². The number of rotatable bonds is 6. The second-order valence-corrected chi connectivity index (χ2v) is 9.87. The highest BCUT2D eigenvalue weighted by Crippen LogP contribution is 2.35. The van der Waals surface area contributed by atoms with Crippen LogP contribution in [0.1, 0.15) is 30.2 Å². The number of aromatic nitrogens is 2. The Balaban J connectivity index is 1.69. The van der Waals surface area contributed by atoms with Crippen molar-refractivity contribution in [2.75, 3.05) is 11.9 Å². The van der Waals surface area contributed by atoms with Gasteiger partial charge in [0.2, 0.25) is 5.91 Å². The second kappa shape index (κ2) is 8.78. The number of aryl methyl sites for hydroxylation is 2. The van der Waals surface area contributed by atoms with Crippen molar-refractivity contribution in [2.24, 2.45) is 0 Å². The van der Waals surface area contributed by atoms with Gasteiger partial charge in [-0.1, -0.05) is 36.0 Å². The average molecular weight is 440 g/mol. The molecular formula is C23H25N3O2S2. The fourth-order valence-electron chi connectivity index (χ4n) is 3.86. The third-order valence-electron chi connectivity index (χ3n) is 5.46. The molecule has 2 aromatic heterocycles. The van der Waals surface area contributed by atoms with Crippen LogP contribution in [0.2, 0.25) is 0 Å². The molecule has 0 N–H and O–H groups in total. The van der Waals surface area contributed by atoms with Gasteiger partial charge in [-0.05, 0) is 50.3 Å². The minimum Gasteiger partial charge on any atom is -0.315 e. The Kier molecular flexibility index (Phi) is 6.11. The van der Waals surface area contributed by atoms with Crippen LogP contribution in [-0.4, -0.2) is 27.8 Å². The molecule has 0 saturated heterocycles. The molecule has 156 valence electrons. The van der Waals surface area contributed by atoms with E-state index in [2.05, 4.69) is 6.58 Å². The maximum absolute atomic E-state index is 13.4. The van der Waals surface area contributed by atoms with Gasteiger partial charge < -0.3 is 4.90 Å². The van der Waals surface area contributed by atoms with Gasteiger partial charge in [-0.25, -0.2) is 4.98 Å². The molecule has 30 heavy (non-hydrogen) atoms. The number of carbonyl (C=O) groups is 1. The number of para-hydroxylation sites is 1. The Morgan fingerprint density at radius 1 is 1.33 bits per heavy atom.